The van der Waals surface area contributed by atoms with Gasteiger partial charge in [-0.2, -0.15) is 18.3 Å². The normalized spacial score (nSPS) is 14.4. The molecule has 3 heterocycles. The Labute approximate surface area is 158 Å². The van der Waals surface area contributed by atoms with Crippen molar-refractivity contribution in [2.45, 2.75) is 25.4 Å². The molecular formula is C18H15ClF3N5. The summed E-state index contributed by atoms with van der Waals surface area (Å²) in [7, 11) is 0. The van der Waals surface area contributed by atoms with Gasteiger partial charge in [0.05, 0.1) is 22.5 Å². The Balaban J connectivity index is 1.93. The van der Waals surface area contributed by atoms with Crippen LogP contribution in [0.2, 0.25) is 5.02 Å². The Bertz CT molecular complexity index is 969. The summed E-state index contributed by atoms with van der Waals surface area (Å²) in [5.41, 5.74) is 1.47. The molecule has 3 aromatic rings. The van der Waals surface area contributed by atoms with Crippen LogP contribution < -0.4 is 5.32 Å². The quantitative estimate of drug-likeness (QED) is 0.682. The average molecular weight is 394 g/mol. The van der Waals surface area contributed by atoms with E-state index in [2.05, 4.69) is 20.4 Å². The highest BCUT2D eigenvalue weighted by atomic mass is 35.5. The monoisotopic (exact) mass is 393 g/mol. The van der Waals surface area contributed by atoms with Gasteiger partial charge in [0.15, 0.2) is 0 Å². The third kappa shape index (κ3) is 3.37. The van der Waals surface area contributed by atoms with E-state index in [9.17, 15) is 13.2 Å². The summed E-state index contributed by atoms with van der Waals surface area (Å²) in [4.78, 5) is 8.37. The van der Waals surface area contributed by atoms with Crippen molar-refractivity contribution >= 4 is 17.4 Å². The highest BCUT2D eigenvalue weighted by Gasteiger charge is 2.32. The van der Waals surface area contributed by atoms with E-state index in [1.807, 2.05) is 0 Å². The van der Waals surface area contributed by atoms with Crippen LogP contribution in [-0.2, 0) is 12.6 Å². The van der Waals surface area contributed by atoms with Crippen molar-refractivity contribution in [3.05, 3.63) is 52.9 Å². The molecule has 0 amide bonds. The molecule has 0 atom stereocenters. The van der Waals surface area contributed by atoms with Crippen LogP contribution in [0.5, 0.6) is 0 Å². The topological polar surface area (TPSA) is 55.6 Å². The van der Waals surface area contributed by atoms with Gasteiger partial charge < -0.3 is 5.32 Å². The molecule has 4 rings (SSSR count). The molecule has 2 aromatic heterocycles. The minimum atomic E-state index is -4.47. The predicted molar refractivity (Wildman–Crippen MR) is 96.0 cm³/mol. The molecule has 0 aliphatic carbocycles. The van der Waals surface area contributed by atoms with E-state index < -0.39 is 11.7 Å². The first-order chi connectivity index (χ1) is 12.9. The number of nitrogens with zero attached hydrogens (tertiary/aromatic N) is 4. The summed E-state index contributed by atoms with van der Waals surface area (Å²) in [5.74, 6) is 0.648. The van der Waals surface area contributed by atoms with E-state index in [-0.39, 0.29) is 10.7 Å². The molecule has 0 saturated carbocycles. The summed E-state index contributed by atoms with van der Waals surface area (Å²) in [6.07, 6.45) is 2.87. The minimum Gasteiger partial charge on any atom is -0.370 e. The molecule has 1 N–H and O–H groups in total. The zero-order chi connectivity index (χ0) is 19.0. The lowest BCUT2D eigenvalue weighted by Gasteiger charge is -2.13. The number of rotatable bonds is 2. The van der Waals surface area contributed by atoms with Crippen molar-refractivity contribution < 1.29 is 13.2 Å². The number of fused-ring (bicyclic) bond motifs is 1. The van der Waals surface area contributed by atoms with Gasteiger partial charge in [0.25, 0.3) is 0 Å². The maximum Gasteiger partial charge on any atom is 0.416 e. The molecule has 1 aromatic carbocycles. The lowest BCUT2D eigenvalue weighted by molar-refractivity contribution is -0.137. The van der Waals surface area contributed by atoms with Gasteiger partial charge in [-0.15, -0.1) is 0 Å². The van der Waals surface area contributed by atoms with Gasteiger partial charge in [-0.05, 0) is 37.5 Å². The molecule has 0 unspecified atom stereocenters. The van der Waals surface area contributed by atoms with Crippen molar-refractivity contribution in [1.29, 1.82) is 0 Å². The first-order valence-electron chi connectivity index (χ1n) is 8.44. The molecule has 0 radical (unpaired) electrons. The van der Waals surface area contributed by atoms with Crippen LogP contribution in [0, 0.1) is 0 Å². The number of hydrogen-bond acceptors (Lipinski definition) is 4. The zero-order valence-corrected chi connectivity index (χ0v) is 14.8. The summed E-state index contributed by atoms with van der Waals surface area (Å²) in [5, 5.41) is 8.02. The molecule has 0 spiro atoms. The van der Waals surface area contributed by atoms with E-state index in [0.29, 0.717) is 23.8 Å². The molecule has 9 heteroatoms. The first-order valence-corrected chi connectivity index (χ1v) is 8.82. The number of halogens is 4. The highest BCUT2D eigenvalue weighted by molar-refractivity contribution is 6.32. The Kier molecular flexibility index (Phi) is 4.51. The van der Waals surface area contributed by atoms with Crippen LogP contribution in [0.25, 0.3) is 17.1 Å². The van der Waals surface area contributed by atoms with E-state index in [0.717, 1.165) is 37.0 Å². The Morgan fingerprint density at radius 1 is 1.15 bits per heavy atom. The summed E-state index contributed by atoms with van der Waals surface area (Å²) < 4.78 is 41.0. The maximum absolute atomic E-state index is 13.2. The number of aromatic nitrogens is 4. The van der Waals surface area contributed by atoms with Crippen molar-refractivity contribution in [2.75, 3.05) is 11.9 Å². The molecule has 1 aliphatic rings. The SMILES string of the molecule is FC(F)(F)c1ccc(Cl)c(-n2nc(-c3cnccn3)c3c2NCCCC3)c1. The second kappa shape index (κ2) is 6.84. The van der Waals surface area contributed by atoms with Gasteiger partial charge >= 0.3 is 6.18 Å². The standard InChI is InChI=1S/C18H15ClF3N5/c19-13-5-4-11(18(20,21)22)9-15(13)27-17-12(3-1-2-6-25-17)16(26-27)14-10-23-7-8-24-14/h4-5,7-10,25H,1-3,6H2. The maximum atomic E-state index is 13.2. The number of nitrogens with one attached hydrogen (secondary N) is 1. The lowest BCUT2D eigenvalue weighted by atomic mass is 10.1. The van der Waals surface area contributed by atoms with Crippen LogP contribution in [0.1, 0.15) is 24.0 Å². The molecule has 27 heavy (non-hydrogen) atoms. The largest absolute Gasteiger partial charge is 0.416 e. The fourth-order valence-corrected chi connectivity index (χ4v) is 3.35. The molecule has 0 bridgehead atoms. The van der Waals surface area contributed by atoms with Gasteiger partial charge in [-0.25, -0.2) is 4.68 Å². The minimum absolute atomic E-state index is 0.173. The second-order valence-corrected chi connectivity index (χ2v) is 6.63. The number of alkyl halides is 3. The highest BCUT2D eigenvalue weighted by Crippen LogP contribution is 2.37. The summed E-state index contributed by atoms with van der Waals surface area (Å²) in [6.45, 7) is 0.704. The van der Waals surface area contributed by atoms with E-state index >= 15 is 0 Å². The molecule has 1 aliphatic heterocycles. The van der Waals surface area contributed by atoms with Gasteiger partial charge in [0, 0.05) is 24.5 Å². The van der Waals surface area contributed by atoms with Crippen molar-refractivity contribution in [3.63, 3.8) is 0 Å². The third-order valence-electron chi connectivity index (χ3n) is 4.44. The second-order valence-electron chi connectivity index (χ2n) is 6.23. The number of anilines is 1. The van der Waals surface area contributed by atoms with Gasteiger partial charge in [-0.3, -0.25) is 9.97 Å². The van der Waals surface area contributed by atoms with Crippen molar-refractivity contribution in [1.82, 2.24) is 19.7 Å². The van der Waals surface area contributed by atoms with Gasteiger partial charge in [0.1, 0.15) is 17.2 Å². The molecule has 140 valence electrons. The van der Waals surface area contributed by atoms with Crippen LogP contribution >= 0.6 is 11.6 Å². The first kappa shape index (κ1) is 17.8. The fourth-order valence-electron chi connectivity index (χ4n) is 3.16. The van der Waals surface area contributed by atoms with Crippen LogP contribution in [0.15, 0.2) is 36.8 Å². The van der Waals surface area contributed by atoms with Crippen LogP contribution in [-0.4, -0.2) is 26.3 Å². The smallest absolute Gasteiger partial charge is 0.370 e. The van der Waals surface area contributed by atoms with Crippen LogP contribution in [0.4, 0.5) is 19.0 Å². The molecule has 5 nitrogen and oxygen atoms in total. The van der Waals surface area contributed by atoms with Gasteiger partial charge in [0.2, 0.25) is 0 Å². The molecular weight excluding hydrogens is 379 g/mol. The average Bonchev–Trinajstić information content (AvgIpc) is 2.83. The third-order valence-corrected chi connectivity index (χ3v) is 4.76. The number of benzene rings is 1. The predicted octanol–water partition coefficient (Wildman–Crippen LogP) is 4.75. The molecule has 0 saturated heterocycles. The molecule has 0 fully saturated rings. The Hall–Kier alpha value is -2.61. The van der Waals surface area contributed by atoms with E-state index in [1.165, 1.54) is 10.7 Å². The zero-order valence-electron chi connectivity index (χ0n) is 14.1. The van der Waals surface area contributed by atoms with Gasteiger partial charge in [-0.1, -0.05) is 11.6 Å². The Morgan fingerprint density at radius 2 is 2.00 bits per heavy atom. The fraction of sp³-hybridized carbons (Fsp3) is 0.278. The van der Waals surface area contributed by atoms with Crippen molar-refractivity contribution in [3.8, 4) is 17.1 Å². The van der Waals surface area contributed by atoms with E-state index in [1.54, 1.807) is 18.6 Å². The summed E-state index contributed by atoms with van der Waals surface area (Å²) in [6, 6.07) is 3.22. The van der Waals surface area contributed by atoms with E-state index in [4.69, 9.17) is 11.6 Å². The van der Waals surface area contributed by atoms with Crippen molar-refractivity contribution in [2.24, 2.45) is 0 Å². The Morgan fingerprint density at radius 3 is 2.74 bits per heavy atom. The lowest BCUT2D eigenvalue weighted by Crippen LogP contribution is -2.10. The number of hydrogen-bond donors (Lipinski definition) is 1. The van der Waals surface area contributed by atoms with Crippen LogP contribution in [0.3, 0.4) is 0 Å². The summed E-state index contributed by atoms with van der Waals surface area (Å²) >= 11 is 6.24.